The zero-order valence-electron chi connectivity index (χ0n) is 10.6. The molecule has 90 valence electrons. The number of hydrogen-bond acceptors (Lipinski definition) is 3. The summed E-state index contributed by atoms with van der Waals surface area (Å²) in [6.45, 7) is 9.92. The summed E-state index contributed by atoms with van der Waals surface area (Å²) in [5.41, 5.74) is -1.22. The fourth-order valence-electron chi connectivity index (χ4n) is 1.89. The van der Waals surface area contributed by atoms with Crippen molar-refractivity contribution >= 4 is 17.3 Å². The Labute approximate surface area is 96.9 Å². The third-order valence-electron chi connectivity index (χ3n) is 2.86. The fraction of sp³-hybridized carbons (Fsp3) is 0.615. The number of ketones is 3. The van der Waals surface area contributed by atoms with Gasteiger partial charge in [-0.05, 0) is 32.3 Å². The van der Waals surface area contributed by atoms with Gasteiger partial charge in [0.05, 0.1) is 0 Å². The van der Waals surface area contributed by atoms with Gasteiger partial charge in [0.15, 0.2) is 17.3 Å². The molecule has 0 aliphatic carbocycles. The first-order chi connectivity index (χ1) is 7.34. The number of carbonyl (C=O) groups is 3. The molecular formula is C13H20O3. The molecule has 16 heavy (non-hydrogen) atoms. The highest BCUT2D eigenvalue weighted by atomic mass is 16.2. The SMILES string of the molecule is C=C(C)C(=O)C(CC)(C(C)=O)C(=O)CCC. The smallest absolute Gasteiger partial charge is 0.178 e. The van der Waals surface area contributed by atoms with Gasteiger partial charge in [-0.2, -0.15) is 0 Å². The lowest BCUT2D eigenvalue weighted by atomic mass is 9.71. The maximum atomic E-state index is 12.0. The highest BCUT2D eigenvalue weighted by Gasteiger charge is 2.47. The van der Waals surface area contributed by atoms with Gasteiger partial charge in [-0.1, -0.05) is 20.4 Å². The van der Waals surface area contributed by atoms with Crippen LogP contribution in [-0.2, 0) is 14.4 Å². The number of allylic oxidation sites excluding steroid dienone is 1. The molecule has 0 aliphatic heterocycles. The molecule has 0 aromatic heterocycles. The van der Waals surface area contributed by atoms with Crippen molar-refractivity contribution in [2.45, 2.75) is 47.0 Å². The molecule has 0 bridgehead atoms. The van der Waals surface area contributed by atoms with Gasteiger partial charge in [0, 0.05) is 6.42 Å². The maximum Gasteiger partial charge on any atom is 0.178 e. The minimum Gasteiger partial charge on any atom is -0.298 e. The summed E-state index contributed by atoms with van der Waals surface area (Å²) >= 11 is 0. The Hall–Kier alpha value is -1.25. The molecule has 0 saturated carbocycles. The third-order valence-corrected chi connectivity index (χ3v) is 2.86. The molecule has 0 amide bonds. The molecule has 0 aliphatic rings. The quantitative estimate of drug-likeness (QED) is 0.493. The van der Waals surface area contributed by atoms with E-state index in [0.717, 1.165) is 0 Å². The van der Waals surface area contributed by atoms with Crippen LogP contribution in [0.15, 0.2) is 12.2 Å². The molecule has 1 unspecified atom stereocenters. The monoisotopic (exact) mass is 224 g/mol. The van der Waals surface area contributed by atoms with Crippen LogP contribution >= 0.6 is 0 Å². The van der Waals surface area contributed by atoms with Crippen LogP contribution in [-0.4, -0.2) is 17.3 Å². The zero-order chi connectivity index (χ0) is 12.9. The van der Waals surface area contributed by atoms with Crippen molar-refractivity contribution in [1.29, 1.82) is 0 Å². The average Bonchev–Trinajstić information content (AvgIpc) is 2.19. The Morgan fingerprint density at radius 1 is 1.12 bits per heavy atom. The fourth-order valence-corrected chi connectivity index (χ4v) is 1.89. The molecule has 1 atom stereocenters. The van der Waals surface area contributed by atoms with Gasteiger partial charge in [0.1, 0.15) is 5.41 Å². The van der Waals surface area contributed by atoms with Crippen LogP contribution in [0.5, 0.6) is 0 Å². The second-order valence-electron chi connectivity index (χ2n) is 4.10. The average molecular weight is 224 g/mol. The van der Waals surface area contributed by atoms with E-state index < -0.39 is 11.2 Å². The molecule has 3 heteroatoms. The number of rotatable bonds is 7. The van der Waals surface area contributed by atoms with Gasteiger partial charge < -0.3 is 0 Å². The molecule has 0 aromatic rings. The second-order valence-corrected chi connectivity index (χ2v) is 4.10. The van der Waals surface area contributed by atoms with Crippen molar-refractivity contribution in [3.8, 4) is 0 Å². The van der Waals surface area contributed by atoms with Crippen LogP contribution in [0.4, 0.5) is 0 Å². The van der Waals surface area contributed by atoms with Gasteiger partial charge in [0.25, 0.3) is 0 Å². The third kappa shape index (κ3) is 2.46. The Bertz CT molecular complexity index is 328. The zero-order valence-corrected chi connectivity index (χ0v) is 10.6. The van der Waals surface area contributed by atoms with E-state index >= 15 is 0 Å². The second kappa shape index (κ2) is 5.73. The summed E-state index contributed by atoms with van der Waals surface area (Å²) in [4.78, 5) is 35.7. The normalized spacial score (nSPS) is 14.0. The minimum atomic E-state index is -1.48. The first kappa shape index (κ1) is 14.8. The summed E-state index contributed by atoms with van der Waals surface area (Å²) in [6.07, 6.45) is 1.11. The lowest BCUT2D eigenvalue weighted by molar-refractivity contribution is -0.146. The van der Waals surface area contributed by atoms with Crippen molar-refractivity contribution in [3.05, 3.63) is 12.2 Å². The molecule has 0 heterocycles. The van der Waals surface area contributed by atoms with Gasteiger partial charge in [0.2, 0.25) is 0 Å². The Morgan fingerprint density at radius 2 is 1.62 bits per heavy atom. The molecule has 0 saturated heterocycles. The molecule has 3 nitrogen and oxygen atoms in total. The van der Waals surface area contributed by atoms with E-state index in [4.69, 9.17) is 0 Å². The predicted molar refractivity (Wildman–Crippen MR) is 63.1 cm³/mol. The highest BCUT2D eigenvalue weighted by molar-refractivity contribution is 6.27. The molecule has 0 rings (SSSR count). The number of hydrogen-bond donors (Lipinski definition) is 0. The summed E-state index contributed by atoms with van der Waals surface area (Å²) in [5.74, 6) is -1.08. The topological polar surface area (TPSA) is 51.2 Å². The van der Waals surface area contributed by atoms with Crippen molar-refractivity contribution in [2.24, 2.45) is 5.41 Å². The first-order valence-electron chi connectivity index (χ1n) is 5.59. The van der Waals surface area contributed by atoms with Gasteiger partial charge in [-0.15, -0.1) is 0 Å². The lowest BCUT2D eigenvalue weighted by Gasteiger charge is -2.27. The van der Waals surface area contributed by atoms with E-state index in [-0.39, 0.29) is 30.0 Å². The van der Waals surface area contributed by atoms with Gasteiger partial charge >= 0.3 is 0 Å². The van der Waals surface area contributed by atoms with E-state index in [1.54, 1.807) is 6.92 Å². The van der Waals surface area contributed by atoms with Crippen LogP contribution in [0.2, 0.25) is 0 Å². The van der Waals surface area contributed by atoms with E-state index in [0.29, 0.717) is 6.42 Å². The number of Topliss-reactive ketones (excluding diaryl/α,β-unsaturated/α-hetero) is 3. The standard InChI is InChI=1S/C13H20O3/c1-6-8-11(15)13(7-2,10(5)14)12(16)9(3)4/h3,6-8H2,1-2,4-5H3. The highest BCUT2D eigenvalue weighted by Crippen LogP contribution is 2.30. The molecule has 0 fully saturated rings. The van der Waals surface area contributed by atoms with Gasteiger partial charge in [-0.3, -0.25) is 14.4 Å². The van der Waals surface area contributed by atoms with E-state index in [2.05, 4.69) is 6.58 Å². The van der Waals surface area contributed by atoms with E-state index in [1.807, 2.05) is 6.92 Å². The molecular weight excluding hydrogens is 204 g/mol. The van der Waals surface area contributed by atoms with E-state index in [9.17, 15) is 14.4 Å². The molecule has 0 spiro atoms. The van der Waals surface area contributed by atoms with Crippen molar-refractivity contribution < 1.29 is 14.4 Å². The Kier molecular flexibility index (Phi) is 5.28. The molecule has 0 aromatic carbocycles. The van der Waals surface area contributed by atoms with Crippen LogP contribution in [0.1, 0.15) is 47.0 Å². The number of carbonyl (C=O) groups excluding carboxylic acids is 3. The van der Waals surface area contributed by atoms with Gasteiger partial charge in [-0.25, -0.2) is 0 Å². The maximum absolute atomic E-state index is 12.0. The minimum absolute atomic E-state index is 0.215. The van der Waals surface area contributed by atoms with Crippen molar-refractivity contribution in [2.75, 3.05) is 0 Å². The van der Waals surface area contributed by atoms with Crippen LogP contribution in [0.25, 0.3) is 0 Å². The Morgan fingerprint density at radius 3 is 1.88 bits per heavy atom. The van der Waals surface area contributed by atoms with Crippen molar-refractivity contribution in [3.63, 3.8) is 0 Å². The molecule has 0 radical (unpaired) electrons. The predicted octanol–water partition coefficient (Wildman–Crippen LogP) is 2.49. The molecule has 0 N–H and O–H groups in total. The van der Waals surface area contributed by atoms with Crippen molar-refractivity contribution in [1.82, 2.24) is 0 Å². The summed E-state index contributed by atoms with van der Waals surface area (Å²) in [7, 11) is 0. The summed E-state index contributed by atoms with van der Waals surface area (Å²) < 4.78 is 0. The lowest BCUT2D eigenvalue weighted by Crippen LogP contribution is -2.45. The Balaban J connectivity index is 5.49. The van der Waals surface area contributed by atoms with Crippen LogP contribution in [0, 0.1) is 5.41 Å². The summed E-state index contributed by atoms with van der Waals surface area (Å²) in [6, 6.07) is 0. The van der Waals surface area contributed by atoms with Crippen LogP contribution in [0.3, 0.4) is 0 Å². The summed E-state index contributed by atoms with van der Waals surface area (Å²) in [5, 5.41) is 0. The van der Waals surface area contributed by atoms with Crippen LogP contribution < -0.4 is 0 Å². The first-order valence-corrected chi connectivity index (χ1v) is 5.59. The largest absolute Gasteiger partial charge is 0.298 e. The van der Waals surface area contributed by atoms with E-state index in [1.165, 1.54) is 13.8 Å².